The summed E-state index contributed by atoms with van der Waals surface area (Å²) in [6.07, 6.45) is 0. The summed E-state index contributed by atoms with van der Waals surface area (Å²) in [5.74, 6) is 0.884. The first kappa shape index (κ1) is 16.9. The lowest BCUT2D eigenvalue weighted by Gasteiger charge is -2.23. The lowest BCUT2D eigenvalue weighted by atomic mass is 10.2. The maximum atomic E-state index is 13.9. The minimum Gasteiger partial charge on any atom is -0.352 e. The highest BCUT2D eigenvalue weighted by Crippen LogP contribution is 2.21. The average Bonchev–Trinajstić information content (AvgIpc) is 2.62. The summed E-state index contributed by atoms with van der Waals surface area (Å²) in [6.45, 7) is 5.57. The van der Waals surface area contributed by atoms with Crippen molar-refractivity contribution in [1.29, 1.82) is 0 Å². The number of anilines is 3. The summed E-state index contributed by atoms with van der Waals surface area (Å²) < 4.78 is 13.9. The SMILES string of the molecule is CCN(Cc1ccccc1)c1cc(C)nc(Nc2ccccc2F)n1. The third-order valence-corrected chi connectivity index (χ3v) is 3.88. The number of hydrogen-bond donors (Lipinski definition) is 1. The van der Waals surface area contributed by atoms with Crippen LogP contribution in [0.15, 0.2) is 60.7 Å². The van der Waals surface area contributed by atoms with Crippen molar-refractivity contribution in [1.82, 2.24) is 9.97 Å². The lowest BCUT2D eigenvalue weighted by Crippen LogP contribution is -2.23. The van der Waals surface area contributed by atoms with Gasteiger partial charge in [-0.15, -0.1) is 0 Å². The Balaban J connectivity index is 1.86. The van der Waals surface area contributed by atoms with E-state index in [2.05, 4.69) is 39.2 Å². The molecule has 0 aliphatic rings. The van der Waals surface area contributed by atoms with Crippen molar-refractivity contribution in [3.63, 3.8) is 0 Å². The number of benzene rings is 2. The minimum absolute atomic E-state index is 0.328. The van der Waals surface area contributed by atoms with Crippen LogP contribution < -0.4 is 10.2 Å². The lowest BCUT2D eigenvalue weighted by molar-refractivity contribution is 0.631. The number of para-hydroxylation sites is 1. The fourth-order valence-electron chi connectivity index (χ4n) is 2.61. The van der Waals surface area contributed by atoms with Gasteiger partial charge in [0.15, 0.2) is 0 Å². The van der Waals surface area contributed by atoms with Gasteiger partial charge in [0.2, 0.25) is 5.95 Å². The highest BCUT2D eigenvalue weighted by Gasteiger charge is 2.11. The van der Waals surface area contributed by atoms with Crippen LogP contribution >= 0.6 is 0 Å². The van der Waals surface area contributed by atoms with Crippen LogP contribution in [-0.2, 0) is 6.54 Å². The Bertz CT molecular complexity index is 836. The van der Waals surface area contributed by atoms with Crippen molar-refractivity contribution in [3.05, 3.63) is 77.7 Å². The van der Waals surface area contributed by atoms with Crippen LogP contribution in [0.1, 0.15) is 18.2 Å². The van der Waals surface area contributed by atoms with Crippen LogP contribution in [0.25, 0.3) is 0 Å². The van der Waals surface area contributed by atoms with Crippen LogP contribution in [0.2, 0.25) is 0 Å². The molecule has 128 valence electrons. The second-order valence-corrected chi connectivity index (χ2v) is 5.80. The Kier molecular flexibility index (Phi) is 5.23. The number of halogens is 1. The molecule has 5 heteroatoms. The van der Waals surface area contributed by atoms with Gasteiger partial charge in [-0.1, -0.05) is 42.5 Å². The Hall–Kier alpha value is -2.95. The van der Waals surface area contributed by atoms with Gasteiger partial charge in [0, 0.05) is 24.8 Å². The normalized spacial score (nSPS) is 10.5. The highest BCUT2D eigenvalue weighted by molar-refractivity contribution is 5.56. The van der Waals surface area contributed by atoms with E-state index in [0.717, 1.165) is 24.6 Å². The molecule has 2 aromatic carbocycles. The fourth-order valence-corrected chi connectivity index (χ4v) is 2.61. The van der Waals surface area contributed by atoms with Crippen molar-refractivity contribution < 1.29 is 4.39 Å². The molecule has 0 bridgehead atoms. The molecule has 0 spiro atoms. The van der Waals surface area contributed by atoms with Crippen LogP contribution in [0.5, 0.6) is 0 Å². The fraction of sp³-hybridized carbons (Fsp3) is 0.200. The van der Waals surface area contributed by atoms with E-state index in [1.165, 1.54) is 11.6 Å². The Morgan fingerprint density at radius 3 is 2.44 bits per heavy atom. The zero-order valence-electron chi connectivity index (χ0n) is 14.4. The predicted molar refractivity (Wildman–Crippen MR) is 99.6 cm³/mol. The maximum absolute atomic E-state index is 13.9. The van der Waals surface area contributed by atoms with E-state index < -0.39 is 0 Å². The Morgan fingerprint density at radius 2 is 1.72 bits per heavy atom. The van der Waals surface area contributed by atoms with E-state index in [9.17, 15) is 4.39 Å². The number of aryl methyl sites for hydroxylation is 1. The van der Waals surface area contributed by atoms with E-state index >= 15 is 0 Å². The van der Waals surface area contributed by atoms with Crippen molar-refractivity contribution in [2.24, 2.45) is 0 Å². The van der Waals surface area contributed by atoms with Crippen LogP contribution in [-0.4, -0.2) is 16.5 Å². The van der Waals surface area contributed by atoms with Crippen molar-refractivity contribution in [3.8, 4) is 0 Å². The Labute approximate surface area is 147 Å². The third kappa shape index (κ3) is 4.32. The molecule has 0 saturated carbocycles. The molecule has 25 heavy (non-hydrogen) atoms. The topological polar surface area (TPSA) is 41.1 Å². The largest absolute Gasteiger partial charge is 0.352 e. The van der Waals surface area contributed by atoms with E-state index in [0.29, 0.717) is 11.6 Å². The highest BCUT2D eigenvalue weighted by atomic mass is 19.1. The van der Waals surface area contributed by atoms with E-state index in [4.69, 9.17) is 0 Å². The molecule has 3 rings (SSSR count). The zero-order chi connectivity index (χ0) is 17.6. The summed E-state index contributed by atoms with van der Waals surface area (Å²) in [4.78, 5) is 11.1. The van der Waals surface area contributed by atoms with Gasteiger partial charge in [0.05, 0.1) is 5.69 Å². The summed E-state index contributed by atoms with van der Waals surface area (Å²) in [6, 6.07) is 18.7. The van der Waals surface area contributed by atoms with E-state index in [1.54, 1.807) is 18.2 Å². The Morgan fingerprint density at radius 1 is 1.00 bits per heavy atom. The molecule has 4 nitrogen and oxygen atoms in total. The van der Waals surface area contributed by atoms with Gasteiger partial charge < -0.3 is 10.2 Å². The molecule has 0 radical (unpaired) electrons. The van der Waals surface area contributed by atoms with Crippen LogP contribution in [0.4, 0.5) is 21.8 Å². The zero-order valence-corrected chi connectivity index (χ0v) is 14.4. The molecule has 0 aliphatic carbocycles. The van der Waals surface area contributed by atoms with Crippen molar-refractivity contribution >= 4 is 17.5 Å². The monoisotopic (exact) mass is 336 g/mol. The minimum atomic E-state index is -0.328. The molecular formula is C20H21FN4. The van der Waals surface area contributed by atoms with E-state index in [-0.39, 0.29) is 5.82 Å². The smallest absolute Gasteiger partial charge is 0.229 e. The average molecular weight is 336 g/mol. The van der Waals surface area contributed by atoms with Gasteiger partial charge in [-0.2, -0.15) is 4.98 Å². The molecule has 0 atom stereocenters. The molecule has 0 amide bonds. The molecule has 0 aliphatic heterocycles. The standard InChI is InChI=1S/C20H21FN4/c1-3-25(14-16-9-5-4-6-10-16)19-13-15(2)22-20(24-19)23-18-12-8-7-11-17(18)21/h4-13H,3,14H2,1-2H3,(H,22,23,24). The van der Waals surface area contributed by atoms with Gasteiger partial charge in [-0.05, 0) is 31.5 Å². The number of aromatic nitrogens is 2. The molecule has 0 unspecified atom stereocenters. The van der Waals surface area contributed by atoms with Gasteiger partial charge in [-0.25, -0.2) is 9.37 Å². The third-order valence-electron chi connectivity index (χ3n) is 3.88. The number of rotatable bonds is 6. The van der Waals surface area contributed by atoms with Crippen molar-refractivity contribution in [2.45, 2.75) is 20.4 Å². The number of nitrogens with one attached hydrogen (secondary N) is 1. The van der Waals surface area contributed by atoms with Crippen LogP contribution in [0, 0.1) is 12.7 Å². The van der Waals surface area contributed by atoms with Gasteiger partial charge >= 0.3 is 0 Å². The molecule has 1 N–H and O–H groups in total. The molecular weight excluding hydrogens is 315 g/mol. The maximum Gasteiger partial charge on any atom is 0.229 e. The molecule has 0 fully saturated rings. The first-order chi connectivity index (χ1) is 12.2. The first-order valence-electron chi connectivity index (χ1n) is 8.32. The number of nitrogens with zero attached hydrogens (tertiary/aromatic N) is 3. The summed E-state index contributed by atoms with van der Waals surface area (Å²) in [7, 11) is 0. The number of hydrogen-bond acceptors (Lipinski definition) is 4. The quantitative estimate of drug-likeness (QED) is 0.709. The van der Waals surface area contributed by atoms with Crippen LogP contribution in [0.3, 0.4) is 0 Å². The molecule has 0 saturated heterocycles. The van der Waals surface area contributed by atoms with E-state index in [1.807, 2.05) is 31.2 Å². The summed E-state index contributed by atoms with van der Waals surface area (Å²) in [5.41, 5.74) is 2.41. The summed E-state index contributed by atoms with van der Waals surface area (Å²) in [5, 5.41) is 2.97. The molecule has 1 aromatic heterocycles. The predicted octanol–water partition coefficient (Wildman–Crippen LogP) is 4.69. The first-order valence-corrected chi connectivity index (χ1v) is 8.32. The van der Waals surface area contributed by atoms with Gasteiger partial charge in [-0.3, -0.25) is 0 Å². The second kappa shape index (κ2) is 7.75. The molecule has 3 aromatic rings. The van der Waals surface area contributed by atoms with Crippen molar-refractivity contribution in [2.75, 3.05) is 16.8 Å². The molecule has 1 heterocycles. The summed E-state index contributed by atoms with van der Waals surface area (Å²) >= 11 is 0. The van der Waals surface area contributed by atoms with Gasteiger partial charge in [0.25, 0.3) is 0 Å². The van der Waals surface area contributed by atoms with Gasteiger partial charge in [0.1, 0.15) is 11.6 Å². The second-order valence-electron chi connectivity index (χ2n) is 5.80.